The maximum Gasteiger partial charge on any atom is 0.458 e. The summed E-state index contributed by atoms with van der Waals surface area (Å²) in [4.78, 5) is 0. The van der Waals surface area contributed by atoms with Gasteiger partial charge in [-0.15, -0.1) is 0 Å². The average Bonchev–Trinajstić information content (AvgIpc) is 3.04. The number of hydrogen-bond donors (Lipinski definition) is 1. The molecular formula is C18H10F7N3O. The first-order chi connectivity index (χ1) is 13.3. The number of nitriles is 2. The summed E-state index contributed by atoms with van der Waals surface area (Å²) in [5.74, 6) is -9.39. The fourth-order valence-electron chi connectivity index (χ4n) is 3.26. The Morgan fingerprint density at radius 2 is 1.69 bits per heavy atom. The van der Waals surface area contributed by atoms with Crippen LogP contribution in [0.5, 0.6) is 0 Å². The first-order valence-corrected chi connectivity index (χ1v) is 8.04. The Labute approximate surface area is 159 Å². The van der Waals surface area contributed by atoms with E-state index in [9.17, 15) is 35.8 Å². The molecule has 0 saturated carbocycles. The fourth-order valence-corrected chi connectivity index (χ4v) is 3.26. The maximum atomic E-state index is 14.1. The third-order valence-electron chi connectivity index (χ3n) is 4.74. The number of aliphatic hydroxyl groups is 1. The molecule has 1 aliphatic rings. The van der Waals surface area contributed by atoms with E-state index in [1.165, 1.54) is 6.07 Å². The first-order valence-electron chi connectivity index (χ1n) is 8.04. The molecule has 1 atom stereocenters. The molecule has 152 valence electrons. The molecule has 1 N–H and O–H groups in total. The highest BCUT2D eigenvalue weighted by Gasteiger charge is 2.62. The Morgan fingerprint density at radius 1 is 1.07 bits per heavy atom. The maximum absolute atomic E-state index is 14.1. The molecule has 1 aromatic heterocycles. The van der Waals surface area contributed by atoms with E-state index in [-0.39, 0.29) is 22.5 Å². The van der Waals surface area contributed by atoms with E-state index in [1.807, 2.05) is 0 Å². The summed E-state index contributed by atoms with van der Waals surface area (Å²) in [6.07, 6.45) is -10.2. The van der Waals surface area contributed by atoms with Gasteiger partial charge in [0.1, 0.15) is 18.2 Å². The van der Waals surface area contributed by atoms with Crippen molar-refractivity contribution in [2.75, 3.05) is 0 Å². The van der Waals surface area contributed by atoms with Gasteiger partial charge in [0, 0.05) is 29.6 Å². The highest BCUT2D eigenvalue weighted by Crippen LogP contribution is 2.52. The van der Waals surface area contributed by atoms with E-state index in [4.69, 9.17) is 10.5 Å². The molecule has 0 fully saturated rings. The van der Waals surface area contributed by atoms with E-state index in [1.54, 1.807) is 12.1 Å². The number of alkyl halides is 7. The van der Waals surface area contributed by atoms with Crippen LogP contribution >= 0.6 is 0 Å². The zero-order valence-electron chi connectivity index (χ0n) is 14.2. The zero-order chi connectivity index (χ0) is 21.8. The molecule has 2 aromatic rings. The third-order valence-corrected chi connectivity index (χ3v) is 4.74. The molecule has 0 bridgehead atoms. The standard InChI is InChI=1S/C18H10F7N3O/c19-16(20)4-3-13-14(15(16)29)12(17(21,22)18(23,24)25)8-28(13)11-2-1-9(6-26)10(5-11)7-27/h1-2,5,8,15,29H,3-4H2. The van der Waals surface area contributed by atoms with Gasteiger partial charge >= 0.3 is 12.1 Å². The van der Waals surface area contributed by atoms with Gasteiger partial charge in [0.2, 0.25) is 0 Å². The van der Waals surface area contributed by atoms with Gasteiger partial charge in [-0.3, -0.25) is 0 Å². The SMILES string of the molecule is N#Cc1ccc(-n2cc(C(F)(F)C(F)(F)F)c3c2CCC(F)(F)C3O)cc1C#N. The van der Waals surface area contributed by atoms with E-state index >= 15 is 0 Å². The Hall–Kier alpha value is -3.05. The predicted octanol–water partition coefficient (Wildman–Crippen LogP) is 4.49. The molecule has 0 spiro atoms. The van der Waals surface area contributed by atoms with Gasteiger partial charge in [0.05, 0.1) is 16.7 Å². The number of aromatic nitrogens is 1. The van der Waals surface area contributed by atoms with Gasteiger partial charge in [-0.25, -0.2) is 8.78 Å². The molecule has 1 aliphatic carbocycles. The topological polar surface area (TPSA) is 72.7 Å². The summed E-state index contributed by atoms with van der Waals surface area (Å²) in [5, 5.41) is 27.9. The van der Waals surface area contributed by atoms with Crippen molar-refractivity contribution < 1.29 is 35.8 Å². The minimum atomic E-state index is -6.08. The van der Waals surface area contributed by atoms with Gasteiger partial charge in [-0.1, -0.05) is 0 Å². The second kappa shape index (κ2) is 6.49. The normalized spacial score (nSPS) is 18.6. The van der Waals surface area contributed by atoms with Crippen LogP contribution in [0.2, 0.25) is 0 Å². The molecule has 0 amide bonds. The summed E-state index contributed by atoms with van der Waals surface area (Å²) < 4.78 is 95.6. The van der Waals surface area contributed by atoms with Gasteiger partial charge in [-0.2, -0.15) is 32.5 Å². The summed E-state index contributed by atoms with van der Waals surface area (Å²) >= 11 is 0. The number of benzene rings is 1. The number of hydrogen-bond acceptors (Lipinski definition) is 3. The molecule has 11 heteroatoms. The second-order valence-corrected chi connectivity index (χ2v) is 6.46. The lowest BCUT2D eigenvalue weighted by Crippen LogP contribution is -2.37. The lowest BCUT2D eigenvalue weighted by Gasteiger charge is -2.30. The molecular weight excluding hydrogens is 407 g/mol. The molecule has 4 nitrogen and oxygen atoms in total. The van der Waals surface area contributed by atoms with E-state index in [0.717, 1.165) is 16.7 Å². The van der Waals surface area contributed by atoms with Crippen molar-refractivity contribution in [3.8, 4) is 17.8 Å². The van der Waals surface area contributed by atoms with Crippen LogP contribution in [0.15, 0.2) is 24.4 Å². The molecule has 1 unspecified atom stereocenters. The van der Waals surface area contributed by atoms with Gasteiger partial charge < -0.3 is 9.67 Å². The van der Waals surface area contributed by atoms with Crippen LogP contribution in [0, 0.1) is 22.7 Å². The van der Waals surface area contributed by atoms with Crippen LogP contribution in [0.4, 0.5) is 30.7 Å². The van der Waals surface area contributed by atoms with Crippen molar-refractivity contribution in [2.24, 2.45) is 0 Å². The van der Waals surface area contributed by atoms with Crippen LogP contribution in [0.3, 0.4) is 0 Å². The number of fused-ring (bicyclic) bond motifs is 1. The summed E-state index contributed by atoms with van der Waals surface area (Å²) in [5.41, 5.74) is -3.65. The summed E-state index contributed by atoms with van der Waals surface area (Å²) in [6, 6.07) is 6.79. The molecule has 0 aliphatic heterocycles. The number of aliphatic hydroxyl groups excluding tert-OH is 1. The van der Waals surface area contributed by atoms with Crippen molar-refractivity contribution in [2.45, 2.75) is 37.0 Å². The Morgan fingerprint density at radius 3 is 2.24 bits per heavy atom. The molecule has 1 heterocycles. The Kier molecular flexibility index (Phi) is 4.63. The quantitative estimate of drug-likeness (QED) is 0.732. The van der Waals surface area contributed by atoms with Crippen LogP contribution in [0.25, 0.3) is 5.69 Å². The van der Waals surface area contributed by atoms with E-state index < -0.39 is 48.1 Å². The zero-order valence-corrected chi connectivity index (χ0v) is 14.2. The van der Waals surface area contributed by atoms with Gasteiger partial charge in [-0.05, 0) is 24.6 Å². The largest absolute Gasteiger partial charge is 0.458 e. The third kappa shape index (κ3) is 3.12. The van der Waals surface area contributed by atoms with Crippen LogP contribution in [-0.4, -0.2) is 21.8 Å². The minimum absolute atomic E-state index is 0.0651. The molecule has 0 saturated heterocycles. The average molecular weight is 417 g/mol. The molecule has 29 heavy (non-hydrogen) atoms. The fraction of sp³-hybridized carbons (Fsp3) is 0.333. The lowest BCUT2D eigenvalue weighted by molar-refractivity contribution is -0.290. The highest BCUT2D eigenvalue weighted by molar-refractivity contribution is 5.54. The summed E-state index contributed by atoms with van der Waals surface area (Å²) in [6.45, 7) is 0. The van der Waals surface area contributed by atoms with Crippen LogP contribution in [-0.2, 0) is 12.3 Å². The Bertz CT molecular complexity index is 1060. The highest BCUT2D eigenvalue weighted by atomic mass is 19.4. The van der Waals surface area contributed by atoms with Crippen molar-refractivity contribution in [3.63, 3.8) is 0 Å². The smallest absolute Gasteiger partial charge is 0.382 e. The van der Waals surface area contributed by atoms with Crippen LogP contribution < -0.4 is 0 Å². The monoisotopic (exact) mass is 417 g/mol. The number of rotatable bonds is 2. The number of halogens is 7. The van der Waals surface area contributed by atoms with Crippen molar-refractivity contribution in [3.05, 3.63) is 52.3 Å². The van der Waals surface area contributed by atoms with Crippen molar-refractivity contribution >= 4 is 0 Å². The van der Waals surface area contributed by atoms with E-state index in [0.29, 0.717) is 6.20 Å². The minimum Gasteiger partial charge on any atom is -0.382 e. The predicted molar refractivity (Wildman–Crippen MR) is 83.4 cm³/mol. The second-order valence-electron chi connectivity index (χ2n) is 6.46. The molecule has 3 rings (SSSR count). The molecule has 1 aromatic carbocycles. The van der Waals surface area contributed by atoms with E-state index in [2.05, 4.69) is 0 Å². The first kappa shape index (κ1) is 20.7. The van der Waals surface area contributed by atoms with Crippen LogP contribution in [0.1, 0.15) is 40.5 Å². The van der Waals surface area contributed by atoms with Gasteiger partial charge in [0.15, 0.2) is 0 Å². The lowest BCUT2D eigenvalue weighted by atomic mass is 9.87. The van der Waals surface area contributed by atoms with Crippen molar-refractivity contribution in [1.82, 2.24) is 4.57 Å². The molecule has 0 radical (unpaired) electrons. The Balaban J connectivity index is 2.31. The number of nitrogens with zero attached hydrogens (tertiary/aromatic N) is 3. The van der Waals surface area contributed by atoms with Gasteiger partial charge in [0.25, 0.3) is 5.92 Å². The van der Waals surface area contributed by atoms with Crippen molar-refractivity contribution in [1.29, 1.82) is 10.5 Å². The summed E-state index contributed by atoms with van der Waals surface area (Å²) in [7, 11) is 0.